The molecule has 0 radical (unpaired) electrons. The third-order valence-corrected chi connectivity index (χ3v) is 4.20. The van der Waals surface area contributed by atoms with Crippen LogP contribution in [0.2, 0.25) is 0 Å². The third kappa shape index (κ3) is 3.97. The SMILES string of the molecule is CCC(CCO)Nc1ccc(S(=O)(=O)NC)cc1. The Kier molecular flexibility index (Phi) is 5.58. The molecule has 0 aromatic heterocycles. The molecular weight excluding hydrogens is 252 g/mol. The molecule has 0 saturated heterocycles. The maximum atomic E-state index is 11.5. The number of anilines is 1. The highest BCUT2D eigenvalue weighted by atomic mass is 32.2. The number of benzene rings is 1. The highest BCUT2D eigenvalue weighted by Gasteiger charge is 2.11. The zero-order valence-corrected chi connectivity index (χ0v) is 11.5. The summed E-state index contributed by atoms with van der Waals surface area (Å²) in [7, 11) is -1.99. The van der Waals surface area contributed by atoms with Gasteiger partial charge in [0.2, 0.25) is 10.0 Å². The van der Waals surface area contributed by atoms with E-state index in [4.69, 9.17) is 5.11 Å². The van der Waals surface area contributed by atoms with Gasteiger partial charge in [0.25, 0.3) is 0 Å². The Bertz CT molecular complexity index is 457. The van der Waals surface area contributed by atoms with Gasteiger partial charge in [-0.25, -0.2) is 13.1 Å². The lowest BCUT2D eigenvalue weighted by molar-refractivity contribution is 0.278. The summed E-state index contributed by atoms with van der Waals surface area (Å²) in [5.41, 5.74) is 0.852. The van der Waals surface area contributed by atoms with Gasteiger partial charge in [0.15, 0.2) is 0 Å². The van der Waals surface area contributed by atoms with Crippen molar-refractivity contribution in [2.75, 3.05) is 19.0 Å². The quantitative estimate of drug-likeness (QED) is 0.696. The largest absolute Gasteiger partial charge is 0.396 e. The lowest BCUT2D eigenvalue weighted by atomic mass is 10.1. The van der Waals surface area contributed by atoms with Crippen molar-refractivity contribution in [3.05, 3.63) is 24.3 Å². The number of sulfonamides is 1. The van der Waals surface area contributed by atoms with Gasteiger partial charge in [-0.3, -0.25) is 0 Å². The number of hydrogen-bond donors (Lipinski definition) is 3. The Morgan fingerprint density at radius 2 is 1.89 bits per heavy atom. The van der Waals surface area contributed by atoms with Crippen molar-refractivity contribution in [1.29, 1.82) is 0 Å². The molecule has 0 heterocycles. The maximum absolute atomic E-state index is 11.5. The first kappa shape index (κ1) is 14.9. The summed E-state index contributed by atoms with van der Waals surface area (Å²) >= 11 is 0. The number of aliphatic hydroxyl groups excluding tert-OH is 1. The minimum atomic E-state index is -3.38. The van der Waals surface area contributed by atoms with E-state index in [0.717, 1.165) is 12.1 Å². The minimum Gasteiger partial charge on any atom is -0.396 e. The van der Waals surface area contributed by atoms with E-state index in [1.165, 1.54) is 7.05 Å². The van der Waals surface area contributed by atoms with E-state index in [1.54, 1.807) is 24.3 Å². The third-order valence-electron chi connectivity index (χ3n) is 2.77. The van der Waals surface area contributed by atoms with Crippen LogP contribution in [-0.2, 0) is 10.0 Å². The molecule has 0 aliphatic heterocycles. The molecule has 1 aromatic rings. The smallest absolute Gasteiger partial charge is 0.240 e. The van der Waals surface area contributed by atoms with E-state index in [1.807, 2.05) is 6.92 Å². The molecule has 18 heavy (non-hydrogen) atoms. The molecule has 1 aromatic carbocycles. The minimum absolute atomic E-state index is 0.137. The van der Waals surface area contributed by atoms with Crippen LogP contribution in [0.4, 0.5) is 5.69 Å². The van der Waals surface area contributed by atoms with Gasteiger partial charge in [0, 0.05) is 18.3 Å². The molecule has 0 bridgehead atoms. The molecule has 3 N–H and O–H groups in total. The molecular formula is C12H20N2O3S. The molecule has 5 nitrogen and oxygen atoms in total. The fourth-order valence-corrected chi connectivity index (χ4v) is 2.35. The summed E-state index contributed by atoms with van der Waals surface area (Å²) in [6.45, 7) is 2.17. The Labute approximate surface area is 108 Å². The van der Waals surface area contributed by atoms with Crippen molar-refractivity contribution in [3.63, 3.8) is 0 Å². The van der Waals surface area contributed by atoms with Crippen LogP contribution >= 0.6 is 0 Å². The summed E-state index contributed by atoms with van der Waals surface area (Å²) < 4.78 is 25.3. The van der Waals surface area contributed by atoms with Crippen LogP contribution in [0.5, 0.6) is 0 Å². The monoisotopic (exact) mass is 272 g/mol. The van der Waals surface area contributed by atoms with Crippen LogP contribution in [0, 0.1) is 0 Å². The van der Waals surface area contributed by atoms with Gasteiger partial charge in [-0.1, -0.05) is 6.92 Å². The Hall–Kier alpha value is -1.11. The lowest BCUT2D eigenvalue weighted by Gasteiger charge is -2.17. The van der Waals surface area contributed by atoms with Crippen molar-refractivity contribution in [2.24, 2.45) is 0 Å². The van der Waals surface area contributed by atoms with Crippen molar-refractivity contribution < 1.29 is 13.5 Å². The number of rotatable bonds is 7. The predicted octanol–water partition coefficient (Wildman–Crippen LogP) is 1.17. The van der Waals surface area contributed by atoms with E-state index in [2.05, 4.69) is 10.0 Å². The standard InChI is InChI=1S/C12H20N2O3S/c1-3-10(8-9-15)14-11-4-6-12(7-5-11)18(16,17)13-2/h4-7,10,13-15H,3,8-9H2,1-2H3. The Morgan fingerprint density at radius 3 is 2.33 bits per heavy atom. The normalized spacial score (nSPS) is 13.3. The van der Waals surface area contributed by atoms with Gasteiger partial charge in [-0.05, 0) is 44.2 Å². The lowest BCUT2D eigenvalue weighted by Crippen LogP contribution is -2.20. The molecule has 102 valence electrons. The number of nitrogens with one attached hydrogen (secondary N) is 2. The second-order valence-corrected chi connectivity index (χ2v) is 5.88. The second-order valence-electron chi connectivity index (χ2n) is 3.99. The van der Waals surface area contributed by atoms with Gasteiger partial charge in [0.05, 0.1) is 4.90 Å². The summed E-state index contributed by atoms with van der Waals surface area (Å²) in [5.74, 6) is 0. The topological polar surface area (TPSA) is 78.4 Å². The zero-order chi connectivity index (χ0) is 13.6. The molecule has 0 saturated carbocycles. The van der Waals surface area contributed by atoms with E-state index in [0.29, 0.717) is 6.42 Å². The van der Waals surface area contributed by atoms with Crippen LogP contribution in [0.3, 0.4) is 0 Å². The molecule has 0 aliphatic rings. The molecule has 1 atom stereocenters. The van der Waals surface area contributed by atoms with E-state index < -0.39 is 10.0 Å². The molecule has 0 spiro atoms. The van der Waals surface area contributed by atoms with Gasteiger partial charge in [-0.15, -0.1) is 0 Å². The van der Waals surface area contributed by atoms with E-state index in [9.17, 15) is 8.42 Å². The molecule has 1 rings (SSSR count). The Balaban J connectivity index is 2.77. The first-order chi connectivity index (χ1) is 8.53. The van der Waals surface area contributed by atoms with Crippen LogP contribution < -0.4 is 10.0 Å². The van der Waals surface area contributed by atoms with Crippen molar-refractivity contribution >= 4 is 15.7 Å². The predicted molar refractivity (Wildman–Crippen MR) is 72.1 cm³/mol. The van der Waals surface area contributed by atoms with Crippen LogP contribution in [0.15, 0.2) is 29.2 Å². The van der Waals surface area contributed by atoms with Gasteiger partial charge >= 0.3 is 0 Å². The van der Waals surface area contributed by atoms with E-state index >= 15 is 0 Å². The van der Waals surface area contributed by atoms with Gasteiger partial charge in [0.1, 0.15) is 0 Å². The fraction of sp³-hybridized carbons (Fsp3) is 0.500. The van der Waals surface area contributed by atoms with Crippen LogP contribution in [-0.4, -0.2) is 33.2 Å². The van der Waals surface area contributed by atoms with Crippen molar-refractivity contribution in [3.8, 4) is 0 Å². The second kappa shape index (κ2) is 6.72. The van der Waals surface area contributed by atoms with Crippen molar-refractivity contribution in [1.82, 2.24) is 4.72 Å². The highest BCUT2D eigenvalue weighted by Crippen LogP contribution is 2.16. The molecule has 1 unspecified atom stereocenters. The average Bonchev–Trinajstić information content (AvgIpc) is 2.39. The molecule has 0 fully saturated rings. The fourth-order valence-electron chi connectivity index (χ4n) is 1.62. The summed E-state index contributed by atoms with van der Waals surface area (Å²) in [4.78, 5) is 0.241. The van der Waals surface area contributed by atoms with E-state index in [-0.39, 0.29) is 17.5 Å². The molecule has 0 amide bonds. The van der Waals surface area contributed by atoms with Crippen molar-refractivity contribution in [2.45, 2.75) is 30.7 Å². The number of hydrogen-bond acceptors (Lipinski definition) is 4. The maximum Gasteiger partial charge on any atom is 0.240 e. The first-order valence-electron chi connectivity index (χ1n) is 5.94. The summed E-state index contributed by atoms with van der Waals surface area (Å²) in [6, 6.07) is 6.76. The summed E-state index contributed by atoms with van der Waals surface area (Å²) in [6.07, 6.45) is 1.57. The zero-order valence-electron chi connectivity index (χ0n) is 10.7. The Morgan fingerprint density at radius 1 is 1.28 bits per heavy atom. The van der Waals surface area contributed by atoms with Gasteiger partial charge in [-0.2, -0.15) is 0 Å². The van der Waals surface area contributed by atoms with Gasteiger partial charge < -0.3 is 10.4 Å². The molecule has 0 aliphatic carbocycles. The average molecular weight is 272 g/mol. The highest BCUT2D eigenvalue weighted by molar-refractivity contribution is 7.89. The van der Waals surface area contributed by atoms with Crippen LogP contribution in [0.1, 0.15) is 19.8 Å². The first-order valence-corrected chi connectivity index (χ1v) is 7.42. The van der Waals surface area contributed by atoms with Crippen LogP contribution in [0.25, 0.3) is 0 Å². The molecule has 6 heteroatoms. The number of aliphatic hydroxyl groups is 1. The summed E-state index contributed by atoms with van der Waals surface area (Å²) in [5, 5.41) is 12.2.